The predicted octanol–water partition coefficient (Wildman–Crippen LogP) is -0.791. The summed E-state index contributed by atoms with van der Waals surface area (Å²) in [6.07, 6.45) is -5.45. The predicted molar refractivity (Wildman–Crippen MR) is 96.2 cm³/mol. The number of hydrogen-bond acceptors (Lipinski definition) is 10. The van der Waals surface area contributed by atoms with E-state index in [-0.39, 0.29) is 19.8 Å². The smallest absolute Gasteiger partial charge is 0.187 e. The molecule has 0 radical (unpaired) electrons. The Morgan fingerprint density at radius 1 is 0.750 bits per heavy atom. The molecule has 2 rings (SSSR count). The van der Waals surface area contributed by atoms with E-state index in [2.05, 4.69) is 0 Å². The molecule has 2 aliphatic heterocycles. The van der Waals surface area contributed by atoms with Crippen LogP contribution in [0.25, 0.3) is 0 Å². The topological polar surface area (TPSA) is 103 Å². The van der Waals surface area contributed by atoms with Crippen LogP contribution in [0.5, 0.6) is 0 Å². The van der Waals surface area contributed by atoms with Gasteiger partial charge in [0.1, 0.15) is 48.8 Å². The number of rotatable bonds is 9. The largest absolute Gasteiger partial charge is 0.388 e. The molecule has 28 heavy (non-hydrogen) atoms. The van der Waals surface area contributed by atoms with Crippen molar-refractivity contribution in [1.29, 1.82) is 0 Å². The van der Waals surface area contributed by atoms with E-state index in [9.17, 15) is 5.11 Å². The first-order chi connectivity index (χ1) is 13.6. The normalized spacial score (nSPS) is 42.3. The average Bonchev–Trinajstić information content (AvgIpc) is 2.85. The average molecular weight is 410 g/mol. The molecule has 0 aliphatic carbocycles. The highest BCUT2D eigenvalue weighted by Crippen LogP contribution is 2.31. The Balaban J connectivity index is 2.26. The summed E-state index contributed by atoms with van der Waals surface area (Å²) in [4.78, 5) is 0. The monoisotopic (exact) mass is 410 g/mol. The summed E-state index contributed by atoms with van der Waals surface area (Å²) in [7, 11) is 9.36. The second-order valence-electron chi connectivity index (χ2n) is 6.78. The lowest BCUT2D eigenvalue weighted by molar-refractivity contribution is -0.335. The van der Waals surface area contributed by atoms with Gasteiger partial charge in [0, 0.05) is 42.7 Å². The van der Waals surface area contributed by atoms with Gasteiger partial charge < -0.3 is 47.7 Å². The Labute approximate surface area is 166 Å². The van der Waals surface area contributed by atoms with E-state index in [0.717, 1.165) is 0 Å². The van der Waals surface area contributed by atoms with Gasteiger partial charge in [0.25, 0.3) is 0 Å². The standard InChI is InChI=1S/C18H34O10/c1-20-8-12-15(23-4)16(24-5)17(25-6)18(27-12)28-13-10(19)7-26-9-11(21-2)14(13)22-3/h10-19H,7-9H2,1-6H3/t10-,11+,12-,13-,14-,15-,16+,17-,18-/m1/s1. The summed E-state index contributed by atoms with van der Waals surface area (Å²) in [5.74, 6) is 0. The Morgan fingerprint density at radius 3 is 1.93 bits per heavy atom. The minimum absolute atomic E-state index is 0.0880. The molecule has 1 N–H and O–H groups in total. The molecule has 0 aromatic carbocycles. The summed E-state index contributed by atoms with van der Waals surface area (Å²) in [6.45, 7) is 0.647. The molecule has 0 bridgehead atoms. The number of aliphatic hydroxyl groups is 1. The number of ether oxygens (including phenoxy) is 9. The molecular formula is C18H34O10. The first kappa shape index (κ1) is 23.9. The van der Waals surface area contributed by atoms with Gasteiger partial charge in [-0.25, -0.2) is 0 Å². The maximum atomic E-state index is 10.6. The van der Waals surface area contributed by atoms with Crippen LogP contribution in [0.15, 0.2) is 0 Å². The molecule has 0 spiro atoms. The summed E-state index contributed by atoms with van der Waals surface area (Å²) in [5.41, 5.74) is 0. The molecule has 0 unspecified atom stereocenters. The summed E-state index contributed by atoms with van der Waals surface area (Å²) in [5, 5.41) is 10.6. The zero-order valence-corrected chi connectivity index (χ0v) is 17.4. The minimum atomic E-state index is -0.937. The Kier molecular flexibility index (Phi) is 9.98. The van der Waals surface area contributed by atoms with Crippen molar-refractivity contribution < 1.29 is 47.7 Å². The van der Waals surface area contributed by atoms with Gasteiger partial charge in [0.05, 0.1) is 19.8 Å². The Hall–Kier alpha value is -0.400. The number of methoxy groups -OCH3 is 6. The molecule has 166 valence electrons. The molecule has 2 saturated heterocycles. The van der Waals surface area contributed by atoms with Gasteiger partial charge in [-0.1, -0.05) is 0 Å². The first-order valence-corrected chi connectivity index (χ1v) is 9.25. The molecular weight excluding hydrogens is 376 g/mol. The van der Waals surface area contributed by atoms with Gasteiger partial charge in [-0.05, 0) is 0 Å². The van der Waals surface area contributed by atoms with Gasteiger partial charge in [-0.15, -0.1) is 0 Å². The summed E-state index contributed by atoms with van der Waals surface area (Å²) in [6, 6.07) is 0. The van der Waals surface area contributed by atoms with Gasteiger partial charge in [-0.2, -0.15) is 0 Å². The van der Waals surface area contributed by atoms with Gasteiger partial charge >= 0.3 is 0 Å². The fourth-order valence-corrected chi connectivity index (χ4v) is 3.82. The van der Waals surface area contributed by atoms with Gasteiger partial charge in [0.15, 0.2) is 6.29 Å². The van der Waals surface area contributed by atoms with Crippen LogP contribution in [0.2, 0.25) is 0 Å². The molecule has 10 nitrogen and oxygen atoms in total. The van der Waals surface area contributed by atoms with Crippen molar-refractivity contribution in [1.82, 2.24) is 0 Å². The minimum Gasteiger partial charge on any atom is -0.388 e. The number of hydrogen-bond donors (Lipinski definition) is 1. The second-order valence-corrected chi connectivity index (χ2v) is 6.78. The molecule has 0 saturated carbocycles. The lowest BCUT2D eigenvalue weighted by Gasteiger charge is -2.46. The SMILES string of the molecule is COC[C@H]1O[C@H](O[C@H]2[C@H](OC)[C@@H](OC)COC[C@H]2O)[C@H](OC)[C@@H](OC)[C@@H]1OC. The summed E-state index contributed by atoms with van der Waals surface area (Å²) < 4.78 is 50.9. The third-order valence-corrected chi connectivity index (χ3v) is 5.24. The zero-order valence-electron chi connectivity index (χ0n) is 17.4. The van der Waals surface area contributed by atoms with E-state index >= 15 is 0 Å². The molecule has 2 aliphatic rings. The van der Waals surface area contributed by atoms with Crippen molar-refractivity contribution in [2.24, 2.45) is 0 Å². The van der Waals surface area contributed by atoms with Crippen molar-refractivity contribution in [2.75, 3.05) is 62.5 Å². The van der Waals surface area contributed by atoms with Crippen LogP contribution < -0.4 is 0 Å². The molecule has 2 fully saturated rings. The van der Waals surface area contributed by atoms with Gasteiger partial charge in [-0.3, -0.25) is 0 Å². The van der Waals surface area contributed by atoms with E-state index in [1.165, 1.54) is 14.2 Å². The highest BCUT2D eigenvalue weighted by atomic mass is 16.7. The van der Waals surface area contributed by atoms with E-state index in [1.807, 2.05) is 0 Å². The van der Waals surface area contributed by atoms with Crippen molar-refractivity contribution in [3.63, 3.8) is 0 Å². The van der Waals surface area contributed by atoms with E-state index < -0.39 is 55.1 Å². The van der Waals surface area contributed by atoms with Crippen LogP contribution in [0.3, 0.4) is 0 Å². The van der Waals surface area contributed by atoms with Gasteiger partial charge in [0.2, 0.25) is 0 Å². The summed E-state index contributed by atoms with van der Waals surface area (Å²) >= 11 is 0. The van der Waals surface area contributed by atoms with Crippen molar-refractivity contribution in [3.8, 4) is 0 Å². The van der Waals surface area contributed by atoms with Crippen LogP contribution in [0, 0.1) is 0 Å². The molecule has 0 amide bonds. The molecule has 10 heteroatoms. The number of aliphatic hydroxyl groups excluding tert-OH is 1. The van der Waals surface area contributed by atoms with Crippen LogP contribution >= 0.6 is 0 Å². The fourth-order valence-electron chi connectivity index (χ4n) is 3.82. The van der Waals surface area contributed by atoms with E-state index in [1.54, 1.807) is 28.4 Å². The lowest BCUT2D eigenvalue weighted by atomic mass is 9.97. The van der Waals surface area contributed by atoms with Crippen molar-refractivity contribution in [2.45, 2.75) is 55.1 Å². The highest BCUT2D eigenvalue weighted by Gasteiger charge is 2.50. The molecule has 9 atom stereocenters. The Morgan fingerprint density at radius 2 is 1.39 bits per heavy atom. The van der Waals surface area contributed by atoms with Crippen LogP contribution in [0.4, 0.5) is 0 Å². The van der Waals surface area contributed by atoms with E-state index in [4.69, 9.17) is 42.6 Å². The lowest BCUT2D eigenvalue weighted by Crippen LogP contribution is -2.63. The quantitative estimate of drug-likeness (QED) is 0.520. The molecule has 0 aromatic rings. The van der Waals surface area contributed by atoms with Crippen LogP contribution in [0.1, 0.15) is 0 Å². The van der Waals surface area contributed by atoms with Crippen molar-refractivity contribution >= 4 is 0 Å². The third kappa shape index (κ3) is 5.20. The zero-order chi connectivity index (χ0) is 20.7. The first-order valence-electron chi connectivity index (χ1n) is 9.25. The maximum Gasteiger partial charge on any atom is 0.187 e. The Bertz CT molecular complexity index is 439. The van der Waals surface area contributed by atoms with E-state index in [0.29, 0.717) is 0 Å². The fraction of sp³-hybridized carbons (Fsp3) is 1.00. The third-order valence-electron chi connectivity index (χ3n) is 5.24. The highest BCUT2D eigenvalue weighted by molar-refractivity contribution is 4.94. The van der Waals surface area contributed by atoms with Crippen LogP contribution in [-0.2, 0) is 42.6 Å². The second kappa shape index (κ2) is 11.7. The van der Waals surface area contributed by atoms with Crippen LogP contribution in [-0.4, -0.2) is 123 Å². The molecule has 2 heterocycles. The molecule has 0 aromatic heterocycles. The van der Waals surface area contributed by atoms with Crippen molar-refractivity contribution in [3.05, 3.63) is 0 Å². The maximum absolute atomic E-state index is 10.6.